The lowest BCUT2D eigenvalue weighted by Crippen LogP contribution is -2.22. The lowest BCUT2D eigenvalue weighted by atomic mass is 10.4. The van der Waals surface area contributed by atoms with E-state index in [0.29, 0.717) is 0 Å². The zero-order chi connectivity index (χ0) is 9.56. The molecule has 0 radical (unpaired) electrons. The molecule has 0 bridgehead atoms. The smallest absolute Gasteiger partial charge is 0.332 e. The summed E-state index contributed by atoms with van der Waals surface area (Å²) >= 11 is 0. The predicted octanol–water partition coefficient (Wildman–Crippen LogP) is 0.0392. The summed E-state index contributed by atoms with van der Waals surface area (Å²) in [5, 5.41) is 8.36. The second kappa shape index (κ2) is 5.54. The SMILES string of the molecule is CC(=O)OCCOC(C)C(=O)O. The highest BCUT2D eigenvalue weighted by Crippen LogP contribution is 1.90. The molecule has 5 nitrogen and oxygen atoms in total. The van der Waals surface area contributed by atoms with E-state index in [1.807, 2.05) is 0 Å². The molecular weight excluding hydrogens is 164 g/mol. The molecule has 0 aliphatic rings. The molecule has 1 N–H and O–H groups in total. The fraction of sp³-hybridized carbons (Fsp3) is 0.714. The van der Waals surface area contributed by atoms with E-state index in [9.17, 15) is 9.59 Å². The fourth-order valence-corrected chi connectivity index (χ4v) is 0.482. The first-order valence-electron chi connectivity index (χ1n) is 3.52. The first-order valence-corrected chi connectivity index (χ1v) is 3.52. The van der Waals surface area contributed by atoms with E-state index in [4.69, 9.17) is 9.84 Å². The van der Waals surface area contributed by atoms with Crippen molar-refractivity contribution in [3.8, 4) is 0 Å². The molecule has 0 amide bonds. The first kappa shape index (κ1) is 10.9. The number of carboxylic acids is 1. The number of aliphatic carboxylic acids is 1. The molecule has 0 heterocycles. The molecule has 0 aromatic rings. The topological polar surface area (TPSA) is 72.8 Å². The number of hydrogen-bond acceptors (Lipinski definition) is 4. The lowest BCUT2D eigenvalue weighted by Gasteiger charge is -2.07. The van der Waals surface area contributed by atoms with Crippen LogP contribution in [-0.2, 0) is 19.1 Å². The minimum absolute atomic E-state index is 0.0902. The minimum Gasteiger partial charge on any atom is -0.479 e. The van der Waals surface area contributed by atoms with Crippen LogP contribution in [0.4, 0.5) is 0 Å². The normalized spacial score (nSPS) is 12.2. The van der Waals surface area contributed by atoms with Crippen molar-refractivity contribution in [2.75, 3.05) is 13.2 Å². The van der Waals surface area contributed by atoms with Crippen LogP contribution in [0.1, 0.15) is 13.8 Å². The molecule has 0 aliphatic carbocycles. The summed E-state index contributed by atoms with van der Waals surface area (Å²) < 4.78 is 9.29. The van der Waals surface area contributed by atoms with Crippen molar-refractivity contribution in [2.24, 2.45) is 0 Å². The number of hydrogen-bond donors (Lipinski definition) is 1. The van der Waals surface area contributed by atoms with Crippen molar-refractivity contribution in [3.63, 3.8) is 0 Å². The molecule has 1 atom stereocenters. The largest absolute Gasteiger partial charge is 0.479 e. The molecular formula is C7H12O5. The molecule has 0 fully saturated rings. The standard InChI is InChI=1S/C7H12O5/c1-5(7(9)10)11-3-4-12-6(2)8/h5H,3-4H2,1-2H3,(H,9,10). The highest BCUT2D eigenvalue weighted by Gasteiger charge is 2.09. The van der Waals surface area contributed by atoms with Crippen LogP contribution in [-0.4, -0.2) is 36.4 Å². The molecule has 1 unspecified atom stereocenters. The zero-order valence-electron chi connectivity index (χ0n) is 7.07. The Morgan fingerprint density at radius 3 is 2.42 bits per heavy atom. The van der Waals surface area contributed by atoms with Gasteiger partial charge in [-0.2, -0.15) is 0 Å². The Morgan fingerprint density at radius 2 is 2.00 bits per heavy atom. The Kier molecular flexibility index (Phi) is 5.03. The van der Waals surface area contributed by atoms with Crippen LogP contribution in [0.5, 0.6) is 0 Å². The number of carbonyl (C=O) groups excluding carboxylic acids is 1. The molecule has 0 aromatic heterocycles. The average molecular weight is 176 g/mol. The molecule has 0 saturated carbocycles. The summed E-state index contributed by atoms with van der Waals surface area (Å²) in [7, 11) is 0. The van der Waals surface area contributed by atoms with Gasteiger partial charge >= 0.3 is 11.9 Å². The van der Waals surface area contributed by atoms with Gasteiger partial charge in [-0.15, -0.1) is 0 Å². The summed E-state index contributed by atoms with van der Waals surface area (Å²) in [6.07, 6.45) is -0.861. The Hall–Kier alpha value is -1.10. The molecule has 5 heteroatoms. The highest BCUT2D eigenvalue weighted by atomic mass is 16.6. The van der Waals surface area contributed by atoms with Crippen LogP contribution in [0.2, 0.25) is 0 Å². The first-order chi connectivity index (χ1) is 5.54. The van der Waals surface area contributed by atoms with Crippen LogP contribution in [0.25, 0.3) is 0 Å². The van der Waals surface area contributed by atoms with Crippen LogP contribution in [0.15, 0.2) is 0 Å². The summed E-state index contributed by atoms with van der Waals surface area (Å²) in [6, 6.07) is 0. The van der Waals surface area contributed by atoms with E-state index in [-0.39, 0.29) is 13.2 Å². The summed E-state index contributed by atoms with van der Waals surface area (Å²) in [4.78, 5) is 20.4. The van der Waals surface area contributed by atoms with E-state index in [1.165, 1.54) is 13.8 Å². The second-order valence-corrected chi connectivity index (χ2v) is 2.19. The second-order valence-electron chi connectivity index (χ2n) is 2.19. The average Bonchev–Trinajstić information content (AvgIpc) is 1.97. The Bertz CT molecular complexity index is 165. The van der Waals surface area contributed by atoms with E-state index in [0.717, 1.165) is 0 Å². The third-order valence-corrected chi connectivity index (χ3v) is 1.10. The van der Waals surface area contributed by atoms with Crippen molar-refractivity contribution < 1.29 is 24.2 Å². The molecule has 0 spiro atoms. The van der Waals surface area contributed by atoms with Crippen molar-refractivity contribution in [1.29, 1.82) is 0 Å². The van der Waals surface area contributed by atoms with Gasteiger partial charge in [0, 0.05) is 6.92 Å². The van der Waals surface area contributed by atoms with Gasteiger partial charge in [0.05, 0.1) is 6.61 Å². The van der Waals surface area contributed by atoms with Crippen molar-refractivity contribution in [2.45, 2.75) is 20.0 Å². The van der Waals surface area contributed by atoms with E-state index >= 15 is 0 Å². The fourth-order valence-electron chi connectivity index (χ4n) is 0.482. The Morgan fingerprint density at radius 1 is 1.42 bits per heavy atom. The minimum atomic E-state index is -1.03. The lowest BCUT2D eigenvalue weighted by molar-refractivity contribution is -0.151. The Labute approximate surface area is 70.3 Å². The van der Waals surface area contributed by atoms with E-state index < -0.39 is 18.0 Å². The molecule has 0 rings (SSSR count). The van der Waals surface area contributed by atoms with Gasteiger partial charge in [-0.3, -0.25) is 4.79 Å². The molecule has 0 saturated heterocycles. The van der Waals surface area contributed by atoms with Gasteiger partial charge < -0.3 is 14.6 Å². The highest BCUT2D eigenvalue weighted by molar-refractivity contribution is 5.71. The van der Waals surface area contributed by atoms with Crippen molar-refractivity contribution in [1.82, 2.24) is 0 Å². The van der Waals surface area contributed by atoms with Gasteiger partial charge in [-0.25, -0.2) is 4.79 Å². The number of carboxylic acid groups (broad SMARTS) is 1. The zero-order valence-corrected chi connectivity index (χ0v) is 7.07. The maximum absolute atomic E-state index is 10.2. The number of rotatable bonds is 5. The van der Waals surface area contributed by atoms with E-state index in [2.05, 4.69) is 4.74 Å². The Balaban J connectivity index is 3.31. The molecule has 70 valence electrons. The van der Waals surface area contributed by atoms with Gasteiger partial charge in [-0.1, -0.05) is 0 Å². The van der Waals surface area contributed by atoms with Crippen molar-refractivity contribution >= 4 is 11.9 Å². The summed E-state index contributed by atoms with van der Waals surface area (Å²) in [5.74, 6) is -1.43. The molecule has 0 aliphatic heterocycles. The molecule has 12 heavy (non-hydrogen) atoms. The van der Waals surface area contributed by atoms with Gasteiger partial charge in [0.1, 0.15) is 6.61 Å². The number of ether oxygens (including phenoxy) is 2. The predicted molar refractivity (Wildman–Crippen MR) is 39.7 cm³/mol. The number of carbonyl (C=O) groups is 2. The number of esters is 1. The quantitative estimate of drug-likeness (QED) is 0.473. The van der Waals surface area contributed by atoms with Gasteiger partial charge in [0.15, 0.2) is 6.10 Å². The van der Waals surface area contributed by atoms with Crippen LogP contribution < -0.4 is 0 Å². The van der Waals surface area contributed by atoms with Crippen LogP contribution in [0.3, 0.4) is 0 Å². The molecule has 0 aromatic carbocycles. The van der Waals surface area contributed by atoms with Crippen molar-refractivity contribution in [3.05, 3.63) is 0 Å². The third kappa shape index (κ3) is 5.67. The van der Waals surface area contributed by atoms with Gasteiger partial charge in [0.2, 0.25) is 0 Å². The van der Waals surface area contributed by atoms with Crippen LogP contribution >= 0.6 is 0 Å². The maximum atomic E-state index is 10.2. The monoisotopic (exact) mass is 176 g/mol. The summed E-state index contributed by atoms with van der Waals surface area (Å²) in [5.41, 5.74) is 0. The van der Waals surface area contributed by atoms with E-state index in [1.54, 1.807) is 0 Å². The summed E-state index contributed by atoms with van der Waals surface area (Å²) in [6.45, 7) is 2.89. The maximum Gasteiger partial charge on any atom is 0.332 e. The van der Waals surface area contributed by atoms with Crippen LogP contribution in [0, 0.1) is 0 Å². The van der Waals surface area contributed by atoms with Gasteiger partial charge in [0.25, 0.3) is 0 Å². The third-order valence-electron chi connectivity index (χ3n) is 1.10. The van der Waals surface area contributed by atoms with Gasteiger partial charge in [-0.05, 0) is 6.92 Å².